The summed E-state index contributed by atoms with van der Waals surface area (Å²) in [4.78, 5) is 27.0. The molecule has 24 heavy (non-hydrogen) atoms. The Hall–Kier alpha value is -2.62. The highest BCUT2D eigenvalue weighted by Crippen LogP contribution is 2.29. The van der Waals surface area contributed by atoms with Crippen LogP contribution in [0.25, 0.3) is 0 Å². The molecule has 2 aromatic rings. The predicted octanol–water partition coefficient (Wildman–Crippen LogP) is 3.69. The molecule has 0 aliphatic carbocycles. The van der Waals surface area contributed by atoms with E-state index in [1.165, 1.54) is 0 Å². The summed E-state index contributed by atoms with van der Waals surface area (Å²) in [7, 11) is 0. The van der Waals surface area contributed by atoms with Crippen LogP contribution in [0.1, 0.15) is 30.9 Å². The number of amides is 2. The number of fused-ring (bicyclic) bond motifs is 1. The third-order valence-electron chi connectivity index (χ3n) is 4.53. The van der Waals surface area contributed by atoms with Crippen molar-refractivity contribution in [1.29, 1.82) is 0 Å². The summed E-state index contributed by atoms with van der Waals surface area (Å²) in [6.45, 7) is 3.74. The third-order valence-corrected chi connectivity index (χ3v) is 4.53. The Labute approximate surface area is 142 Å². The molecule has 1 N–H and O–H groups in total. The molecule has 0 spiro atoms. The van der Waals surface area contributed by atoms with E-state index in [1.807, 2.05) is 55.5 Å². The molecule has 3 rings (SSSR count). The Bertz CT molecular complexity index is 770. The molecule has 0 fully saturated rings. The fourth-order valence-electron chi connectivity index (χ4n) is 3.13. The Morgan fingerprint density at radius 2 is 1.79 bits per heavy atom. The number of rotatable bonds is 3. The summed E-state index contributed by atoms with van der Waals surface area (Å²) in [5.41, 5.74) is 3.76. The van der Waals surface area contributed by atoms with Gasteiger partial charge in [-0.15, -0.1) is 0 Å². The Balaban J connectivity index is 1.88. The highest BCUT2D eigenvalue weighted by atomic mass is 16.2. The number of hydrogen-bond donors (Lipinski definition) is 1. The van der Waals surface area contributed by atoms with Crippen molar-refractivity contribution in [2.24, 2.45) is 0 Å². The lowest BCUT2D eigenvalue weighted by molar-refractivity contribution is -0.123. The van der Waals surface area contributed by atoms with Crippen LogP contribution in [0.4, 0.5) is 11.4 Å². The van der Waals surface area contributed by atoms with Crippen molar-refractivity contribution in [3.8, 4) is 0 Å². The van der Waals surface area contributed by atoms with E-state index in [1.54, 1.807) is 11.8 Å². The minimum Gasteiger partial charge on any atom is -0.324 e. The fraction of sp³-hybridized carbons (Fsp3) is 0.300. The molecule has 4 heteroatoms. The number of benzene rings is 2. The normalized spacial score (nSPS) is 15.4. The van der Waals surface area contributed by atoms with E-state index in [0.717, 1.165) is 35.3 Å². The van der Waals surface area contributed by atoms with Gasteiger partial charge in [0.2, 0.25) is 11.8 Å². The van der Waals surface area contributed by atoms with E-state index in [2.05, 4.69) is 5.32 Å². The molecule has 1 atom stereocenters. The molecule has 0 saturated carbocycles. The first kappa shape index (κ1) is 16.2. The van der Waals surface area contributed by atoms with Crippen molar-refractivity contribution in [3.63, 3.8) is 0 Å². The third kappa shape index (κ3) is 3.18. The molecule has 0 bridgehead atoms. The van der Waals surface area contributed by atoms with Crippen molar-refractivity contribution >= 4 is 23.2 Å². The number of carbonyl (C=O) groups excluding carboxylic acids is 2. The highest BCUT2D eigenvalue weighted by Gasteiger charge is 2.30. The van der Waals surface area contributed by atoms with Crippen LogP contribution >= 0.6 is 0 Å². The summed E-state index contributed by atoms with van der Waals surface area (Å²) >= 11 is 0. The molecule has 2 amide bonds. The Morgan fingerprint density at radius 3 is 2.58 bits per heavy atom. The number of hydrogen-bond acceptors (Lipinski definition) is 2. The summed E-state index contributed by atoms with van der Waals surface area (Å²) < 4.78 is 0. The van der Waals surface area contributed by atoms with Gasteiger partial charge in [0.1, 0.15) is 6.04 Å². The van der Waals surface area contributed by atoms with Crippen LogP contribution in [0.5, 0.6) is 0 Å². The number of carbonyl (C=O) groups is 2. The van der Waals surface area contributed by atoms with E-state index in [-0.39, 0.29) is 11.8 Å². The monoisotopic (exact) mass is 322 g/mol. The maximum atomic E-state index is 12.7. The first-order valence-corrected chi connectivity index (χ1v) is 8.34. The van der Waals surface area contributed by atoms with Crippen LogP contribution in [0.2, 0.25) is 0 Å². The van der Waals surface area contributed by atoms with Crippen LogP contribution in [-0.2, 0) is 16.0 Å². The van der Waals surface area contributed by atoms with E-state index >= 15 is 0 Å². The van der Waals surface area contributed by atoms with Gasteiger partial charge in [-0.25, -0.2) is 0 Å². The van der Waals surface area contributed by atoms with Gasteiger partial charge < -0.3 is 5.32 Å². The molecule has 0 saturated heterocycles. The standard InChI is InChI=1S/C20H22N2O2/c1-14-8-3-5-11-17(14)21-20(24)15(2)22-18-12-6-4-9-16(18)10-7-13-19(22)23/h3-6,8-9,11-12,15H,7,10,13H2,1-2H3,(H,21,24). The molecule has 0 aromatic heterocycles. The smallest absolute Gasteiger partial charge is 0.247 e. The molecule has 1 unspecified atom stereocenters. The first-order chi connectivity index (χ1) is 11.6. The summed E-state index contributed by atoms with van der Waals surface area (Å²) in [5.74, 6) is -0.165. The number of aryl methyl sites for hydroxylation is 2. The molecule has 124 valence electrons. The van der Waals surface area contributed by atoms with E-state index < -0.39 is 6.04 Å². The van der Waals surface area contributed by atoms with Crippen LogP contribution in [-0.4, -0.2) is 17.9 Å². The fourth-order valence-corrected chi connectivity index (χ4v) is 3.13. The van der Waals surface area contributed by atoms with Gasteiger partial charge in [-0.1, -0.05) is 36.4 Å². The molecule has 2 aromatic carbocycles. The van der Waals surface area contributed by atoms with Gasteiger partial charge in [0, 0.05) is 17.8 Å². The maximum Gasteiger partial charge on any atom is 0.247 e. The zero-order valence-corrected chi connectivity index (χ0v) is 14.1. The van der Waals surface area contributed by atoms with Gasteiger partial charge >= 0.3 is 0 Å². The first-order valence-electron chi connectivity index (χ1n) is 8.34. The molecular weight excluding hydrogens is 300 g/mol. The summed E-state index contributed by atoms with van der Waals surface area (Å²) in [6, 6.07) is 14.9. The summed E-state index contributed by atoms with van der Waals surface area (Å²) in [6.07, 6.45) is 2.15. The lowest BCUT2D eigenvalue weighted by atomic mass is 10.1. The highest BCUT2D eigenvalue weighted by molar-refractivity contribution is 6.05. The quantitative estimate of drug-likeness (QED) is 0.937. The number of nitrogens with one attached hydrogen (secondary N) is 1. The van der Waals surface area contributed by atoms with E-state index in [0.29, 0.717) is 6.42 Å². The van der Waals surface area contributed by atoms with Crippen LogP contribution < -0.4 is 10.2 Å². The Morgan fingerprint density at radius 1 is 1.08 bits per heavy atom. The topological polar surface area (TPSA) is 49.4 Å². The number of anilines is 2. The van der Waals surface area contributed by atoms with Gasteiger partial charge in [0.25, 0.3) is 0 Å². The second-order valence-corrected chi connectivity index (χ2v) is 6.23. The molecule has 0 radical (unpaired) electrons. The number of nitrogens with zero attached hydrogens (tertiary/aromatic N) is 1. The van der Waals surface area contributed by atoms with E-state index in [4.69, 9.17) is 0 Å². The SMILES string of the molecule is Cc1ccccc1NC(=O)C(C)N1C(=O)CCCc2ccccc21. The van der Waals surface area contributed by atoms with Gasteiger partial charge in [-0.2, -0.15) is 0 Å². The average molecular weight is 322 g/mol. The molecule has 4 nitrogen and oxygen atoms in total. The van der Waals surface area contributed by atoms with Crippen LogP contribution in [0, 0.1) is 6.92 Å². The van der Waals surface area contributed by atoms with Gasteiger partial charge in [-0.05, 0) is 49.9 Å². The maximum absolute atomic E-state index is 12.7. The minimum atomic E-state index is -0.559. The van der Waals surface area contributed by atoms with Crippen molar-refractivity contribution in [1.82, 2.24) is 0 Å². The molecular formula is C20H22N2O2. The zero-order chi connectivity index (χ0) is 17.1. The largest absolute Gasteiger partial charge is 0.324 e. The molecule has 1 aliphatic rings. The molecule has 1 heterocycles. The van der Waals surface area contributed by atoms with Crippen molar-refractivity contribution in [2.75, 3.05) is 10.2 Å². The van der Waals surface area contributed by atoms with Crippen LogP contribution in [0.3, 0.4) is 0 Å². The zero-order valence-electron chi connectivity index (χ0n) is 14.1. The predicted molar refractivity (Wildman–Crippen MR) is 96.1 cm³/mol. The minimum absolute atomic E-state index is 0.00684. The lowest BCUT2D eigenvalue weighted by Crippen LogP contribution is -2.45. The second kappa shape index (κ2) is 6.87. The molecule has 1 aliphatic heterocycles. The second-order valence-electron chi connectivity index (χ2n) is 6.23. The summed E-state index contributed by atoms with van der Waals surface area (Å²) in [5, 5.41) is 2.95. The van der Waals surface area contributed by atoms with Crippen LogP contribution in [0.15, 0.2) is 48.5 Å². The Kier molecular flexibility index (Phi) is 4.65. The average Bonchev–Trinajstić information content (AvgIpc) is 2.74. The van der Waals surface area contributed by atoms with Crippen molar-refractivity contribution in [2.45, 2.75) is 39.2 Å². The lowest BCUT2D eigenvalue weighted by Gasteiger charge is -2.29. The van der Waals surface area contributed by atoms with Gasteiger partial charge in [0.05, 0.1) is 0 Å². The van der Waals surface area contributed by atoms with Gasteiger partial charge in [-0.3, -0.25) is 14.5 Å². The van der Waals surface area contributed by atoms with Gasteiger partial charge in [0.15, 0.2) is 0 Å². The van der Waals surface area contributed by atoms with Crippen molar-refractivity contribution in [3.05, 3.63) is 59.7 Å². The van der Waals surface area contributed by atoms with E-state index in [9.17, 15) is 9.59 Å². The number of para-hydroxylation sites is 2. The van der Waals surface area contributed by atoms with Crippen molar-refractivity contribution < 1.29 is 9.59 Å².